The lowest BCUT2D eigenvalue weighted by Gasteiger charge is -2.01. The van der Waals surface area contributed by atoms with Gasteiger partial charge in [0, 0.05) is 13.8 Å². The van der Waals surface area contributed by atoms with Gasteiger partial charge in [-0.25, -0.2) is 0 Å². The van der Waals surface area contributed by atoms with Crippen LogP contribution in [-0.4, -0.2) is 17.1 Å². The summed E-state index contributed by atoms with van der Waals surface area (Å²) in [5.74, 6) is 0. The molecule has 0 aliphatic carbocycles. The molecule has 0 aromatic carbocycles. The van der Waals surface area contributed by atoms with Crippen LogP contribution in [0.25, 0.3) is 0 Å². The van der Waals surface area contributed by atoms with Crippen LogP contribution in [0, 0.1) is 0 Å². The van der Waals surface area contributed by atoms with Gasteiger partial charge in [-0.05, 0) is 11.0 Å². The highest BCUT2D eigenvalue weighted by Gasteiger charge is 2.39. The second-order valence-electron chi connectivity index (χ2n) is 2.94. The fraction of sp³-hybridized carbons (Fsp3) is 1.00. The molecule has 1 atom stereocenters. The van der Waals surface area contributed by atoms with Crippen molar-refractivity contribution in [3.05, 3.63) is 0 Å². The summed E-state index contributed by atoms with van der Waals surface area (Å²) in [4.78, 5) is 0. The molecule has 3 nitrogen and oxygen atoms in total. The standard InChI is InChI=1S/C7H16O3P/c1-4-5-6-10-11(9)7(2,3)8/h8H,4-6H2,1-3H3/q+1. The van der Waals surface area contributed by atoms with Crippen LogP contribution < -0.4 is 0 Å². The fourth-order valence-corrected chi connectivity index (χ4v) is 1.06. The van der Waals surface area contributed by atoms with Crippen molar-refractivity contribution in [3.8, 4) is 0 Å². The number of hydrogen-bond acceptors (Lipinski definition) is 3. The van der Waals surface area contributed by atoms with Gasteiger partial charge in [0.05, 0.1) is 0 Å². The van der Waals surface area contributed by atoms with Gasteiger partial charge in [0.25, 0.3) is 5.34 Å². The van der Waals surface area contributed by atoms with Crippen molar-refractivity contribution >= 4 is 8.03 Å². The van der Waals surface area contributed by atoms with E-state index >= 15 is 0 Å². The Bertz CT molecular complexity index is 128. The fourth-order valence-electron chi connectivity index (χ4n) is 0.450. The largest absolute Gasteiger partial charge is 0.542 e. The van der Waals surface area contributed by atoms with Gasteiger partial charge in [-0.3, -0.25) is 0 Å². The molecule has 1 unspecified atom stereocenters. The first kappa shape index (κ1) is 11.0. The molecule has 0 heterocycles. The summed E-state index contributed by atoms with van der Waals surface area (Å²) in [5.41, 5.74) is 0. The molecule has 0 aromatic heterocycles. The normalized spacial score (nSPS) is 13.3. The van der Waals surface area contributed by atoms with E-state index in [0.717, 1.165) is 12.8 Å². The van der Waals surface area contributed by atoms with E-state index in [1.54, 1.807) is 0 Å². The molecular weight excluding hydrogens is 163 g/mol. The molecule has 0 saturated heterocycles. The van der Waals surface area contributed by atoms with Crippen LogP contribution in [0.4, 0.5) is 0 Å². The summed E-state index contributed by atoms with van der Waals surface area (Å²) >= 11 is 0. The van der Waals surface area contributed by atoms with E-state index in [0.29, 0.717) is 6.61 Å². The van der Waals surface area contributed by atoms with E-state index in [-0.39, 0.29) is 0 Å². The summed E-state index contributed by atoms with van der Waals surface area (Å²) < 4.78 is 15.9. The van der Waals surface area contributed by atoms with Crippen molar-refractivity contribution in [2.75, 3.05) is 6.61 Å². The van der Waals surface area contributed by atoms with E-state index < -0.39 is 13.4 Å². The van der Waals surface area contributed by atoms with Crippen LogP contribution in [0.15, 0.2) is 0 Å². The zero-order valence-electron chi connectivity index (χ0n) is 7.33. The SMILES string of the molecule is CCCCO[P+](=O)C(C)(C)O. The van der Waals surface area contributed by atoms with Crippen LogP contribution in [0.1, 0.15) is 33.6 Å². The highest BCUT2D eigenvalue weighted by Crippen LogP contribution is 2.37. The minimum Gasteiger partial charge on any atom is -0.347 e. The minimum atomic E-state index is -1.93. The third kappa shape index (κ3) is 5.31. The Labute approximate surface area is 68.6 Å². The Balaban J connectivity index is 3.54. The molecule has 0 aliphatic rings. The first-order chi connectivity index (χ1) is 4.98. The van der Waals surface area contributed by atoms with Gasteiger partial charge < -0.3 is 5.11 Å². The topological polar surface area (TPSA) is 46.5 Å². The summed E-state index contributed by atoms with van der Waals surface area (Å²) in [7, 11) is -1.93. The molecule has 0 saturated carbocycles. The summed E-state index contributed by atoms with van der Waals surface area (Å²) in [6, 6.07) is 0. The predicted molar refractivity (Wildman–Crippen MR) is 44.8 cm³/mol. The van der Waals surface area contributed by atoms with E-state index in [1.165, 1.54) is 13.8 Å². The average Bonchev–Trinajstić information content (AvgIpc) is 1.86. The Hall–Kier alpha value is 0.0200. The second-order valence-corrected chi connectivity index (χ2v) is 4.81. The van der Waals surface area contributed by atoms with Crippen LogP contribution >= 0.6 is 8.03 Å². The Morgan fingerprint density at radius 2 is 2.09 bits per heavy atom. The van der Waals surface area contributed by atoms with Crippen molar-refractivity contribution < 1.29 is 14.2 Å². The van der Waals surface area contributed by atoms with Crippen molar-refractivity contribution in [1.29, 1.82) is 0 Å². The maximum Gasteiger partial charge on any atom is 0.542 e. The van der Waals surface area contributed by atoms with Crippen molar-refractivity contribution in [3.63, 3.8) is 0 Å². The lowest BCUT2D eigenvalue weighted by molar-refractivity contribution is 0.144. The Morgan fingerprint density at radius 3 is 2.45 bits per heavy atom. The number of rotatable bonds is 5. The van der Waals surface area contributed by atoms with Gasteiger partial charge in [0.2, 0.25) is 0 Å². The molecular formula is C7H16O3P+. The van der Waals surface area contributed by atoms with Gasteiger partial charge in [0.1, 0.15) is 6.61 Å². The van der Waals surface area contributed by atoms with Crippen molar-refractivity contribution in [2.45, 2.75) is 39.0 Å². The van der Waals surface area contributed by atoms with Crippen LogP contribution in [0.2, 0.25) is 0 Å². The lowest BCUT2D eigenvalue weighted by atomic mass is 10.4. The first-order valence-electron chi connectivity index (χ1n) is 3.81. The smallest absolute Gasteiger partial charge is 0.347 e. The molecule has 0 spiro atoms. The average molecular weight is 179 g/mol. The molecule has 0 amide bonds. The molecule has 66 valence electrons. The molecule has 0 bridgehead atoms. The highest BCUT2D eigenvalue weighted by molar-refractivity contribution is 7.40. The highest BCUT2D eigenvalue weighted by atomic mass is 31.1. The van der Waals surface area contributed by atoms with Gasteiger partial charge in [0.15, 0.2) is 0 Å². The van der Waals surface area contributed by atoms with Gasteiger partial charge in [-0.15, -0.1) is 4.52 Å². The molecule has 11 heavy (non-hydrogen) atoms. The van der Waals surface area contributed by atoms with Crippen LogP contribution in [0.3, 0.4) is 0 Å². The van der Waals surface area contributed by atoms with E-state index in [4.69, 9.17) is 4.52 Å². The van der Waals surface area contributed by atoms with Gasteiger partial charge >= 0.3 is 8.03 Å². The maximum atomic E-state index is 11.0. The summed E-state index contributed by atoms with van der Waals surface area (Å²) in [5, 5.41) is 7.97. The molecule has 0 aromatic rings. The molecule has 0 radical (unpaired) electrons. The molecule has 0 fully saturated rings. The predicted octanol–water partition coefficient (Wildman–Crippen LogP) is 2.27. The lowest BCUT2D eigenvalue weighted by Crippen LogP contribution is -2.13. The first-order valence-corrected chi connectivity index (χ1v) is 4.99. The summed E-state index contributed by atoms with van der Waals surface area (Å²) in [6.07, 6.45) is 1.90. The Morgan fingerprint density at radius 1 is 1.55 bits per heavy atom. The monoisotopic (exact) mass is 179 g/mol. The summed E-state index contributed by atoms with van der Waals surface area (Å²) in [6.45, 7) is 5.46. The van der Waals surface area contributed by atoms with Gasteiger partial charge in [-0.1, -0.05) is 13.3 Å². The van der Waals surface area contributed by atoms with E-state index in [9.17, 15) is 9.67 Å². The van der Waals surface area contributed by atoms with Crippen LogP contribution in [0.5, 0.6) is 0 Å². The third-order valence-electron chi connectivity index (χ3n) is 1.15. The zero-order valence-corrected chi connectivity index (χ0v) is 8.23. The maximum absolute atomic E-state index is 11.0. The Kier molecular flexibility index (Phi) is 4.82. The van der Waals surface area contributed by atoms with Gasteiger partial charge in [-0.2, -0.15) is 0 Å². The number of hydrogen-bond donors (Lipinski definition) is 1. The second kappa shape index (κ2) is 4.81. The number of aliphatic hydroxyl groups is 1. The molecule has 4 heteroatoms. The molecule has 0 rings (SSSR count). The third-order valence-corrected chi connectivity index (χ3v) is 2.46. The number of unbranched alkanes of at least 4 members (excludes halogenated alkanes) is 1. The van der Waals surface area contributed by atoms with E-state index in [2.05, 4.69) is 0 Å². The molecule has 0 aliphatic heterocycles. The van der Waals surface area contributed by atoms with Crippen molar-refractivity contribution in [1.82, 2.24) is 0 Å². The van der Waals surface area contributed by atoms with E-state index in [1.807, 2.05) is 6.92 Å². The zero-order chi connectivity index (χ0) is 8.91. The van der Waals surface area contributed by atoms with Crippen LogP contribution in [-0.2, 0) is 9.09 Å². The minimum absolute atomic E-state index is 0.468. The molecule has 1 N–H and O–H groups in total. The van der Waals surface area contributed by atoms with Crippen molar-refractivity contribution in [2.24, 2.45) is 0 Å². The quantitative estimate of drug-likeness (QED) is 0.520.